The van der Waals surface area contributed by atoms with Gasteiger partial charge in [-0.05, 0) is 252 Å². The first kappa shape index (κ1) is 65.7. The summed E-state index contributed by atoms with van der Waals surface area (Å²) in [6.07, 6.45) is 8.93. The predicted molar refractivity (Wildman–Crippen MR) is 486 cm³/mol. The Morgan fingerprint density at radius 3 is 0.690 bits per heavy atom. The van der Waals surface area contributed by atoms with Crippen LogP contribution in [0.5, 0.6) is 0 Å². The van der Waals surface area contributed by atoms with Gasteiger partial charge in [-0.1, -0.05) is 352 Å². The van der Waals surface area contributed by atoms with E-state index in [9.17, 15) is 0 Å². The highest BCUT2D eigenvalue weighted by Gasteiger charge is 2.54. The van der Waals surface area contributed by atoms with Crippen LogP contribution in [0.15, 0.2) is 413 Å². The monoisotopic (exact) mass is 1470 g/mol. The van der Waals surface area contributed by atoms with E-state index in [1.807, 2.05) is 0 Å². The maximum Gasteiger partial charge on any atom is 0.0725 e. The fraction of sp³-hybridized carbons (Fsp3) is 0.0175. The molecule has 2 nitrogen and oxygen atoms in total. The van der Waals surface area contributed by atoms with E-state index in [0.29, 0.717) is 0 Å². The minimum absolute atomic E-state index is 0.557. The second kappa shape index (κ2) is 25.8. The van der Waals surface area contributed by atoms with Gasteiger partial charge < -0.3 is 9.13 Å². The zero-order valence-electron chi connectivity index (χ0n) is 63.5. The van der Waals surface area contributed by atoms with Crippen molar-refractivity contribution in [3.63, 3.8) is 0 Å². The first-order valence-corrected chi connectivity index (χ1v) is 40.4. The quantitative estimate of drug-likeness (QED) is 0.114. The van der Waals surface area contributed by atoms with E-state index in [-0.39, 0.29) is 0 Å². The first-order valence-electron chi connectivity index (χ1n) is 40.4. The lowest BCUT2D eigenvalue weighted by molar-refractivity contribution is 0.793. The van der Waals surface area contributed by atoms with E-state index in [1.54, 1.807) is 0 Å². The molecule has 538 valence electrons. The summed E-state index contributed by atoms with van der Waals surface area (Å²) in [5.74, 6) is 0. The van der Waals surface area contributed by atoms with Gasteiger partial charge >= 0.3 is 0 Å². The minimum Gasteiger partial charge on any atom is -0.309 e. The molecule has 4 aliphatic carbocycles. The Labute approximate surface area is 674 Å². The van der Waals surface area contributed by atoms with Gasteiger partial charge in [0.2, 0.25) is 0 Å². The van der Waals surface area contributed by atoms with E-state index in [2.05, 4.69) is 446 Å². The summed E-state index contributed by atoms with van der Waals surface area (Å²) in [6.45, 7) is 0. The number of benzene rings is 18. The third-order valence-electron chi connectivity index (χ3n) is 25.8. The van der Waals surface area contributed by atoms with Gasteiger partial charge in [0, 0.05) is 32.9 Å². The SMILES string of the molecule is C(=C\c1ccc(-c2ccc3c(c2)c2ccccc2n3-c2ccccc2)cc1)/c1ccc(-c2ccc3c(c2)C2(c4ccccc4-c4ccccc42)c2cc(-c4ccc5c(c4)C4(c6ccccc6-c6ccccc64)c4cc(-c6ccc(/C=C/c7ccc(-c8ccc9c(c8)c8ccccc8n9-c8ccccc8)cc7)cc6)ccc4-5)ccc2-3)cc1. The molecule has 0 saturated carbocycles. The molecule has 18 aromatic carbocycles. The minimum atomic E-state index is -0.557. The van der Waals surface area contributed by atoms with E-state index in [4.69, 9.17) is 0 Å². The number of hydrogen-bond donors (Lipinski definition) is 0. The molecule has 0 unspecified atom stereocenters. The fourth-order valence-electron chi connectivity index (χ4n) is 20.5. The van der Waals surface area contributed by atoms with Crippen molar-refractivity contribution in [2.24, 2.45) is 0 Å². The summed E-state index contributed by atoms with van der Waals surface area (Å²) in [5.41, 5.74) is 43.6. The average molecular weight is 1470 g/mol. The molecule has 0 amide bonds. The Hall–Kier alpha value is -15.0. The molecule has 116 heavy (non-hydrogen) atoms. The Balaban J connectivity index is 0.536. The summed E-state index contributed by atoms with van der Waals surface area (Å²) in [5, 5.41) is 5.03. The van der Waals surface area contributed by atoms with Crippen molar-refractivity contribution in [1.29, 1.82) is 0 Å². The van der Waals surface area contributed by atoms with E-state index >= 15 is 0 Å². The van der Waals surface area contributed by atoms with Crippen LogP contribution in [-0.2, 0) is 10.8 Å². The summed E-state index contributed by atoms with van der Waals surface area (Å²) >= 11 is 0. The molecule has 0 atom stereocenters. The number of rotatable bonds is 11. The van der Waals surface area contributed by atoms with Crippen LogP contribution in [0, 0.1) is 0 Å². The molecule has 2 heterocycles. The molecule has 4 aliphatic rings. The molecule has 0 N–H and O–H groups in total. The summed E-state index contributed by atoms with van der Waals surface area (Å²) < 4.78 is 4.75. The topological polar surface area (TPSA) is 9.86 Å². The molecular formula is C114H72N2. The molecule has 0 bridgehead atoms. The summed E-state index contributed by atoms with van der Waals surface area (Å²) in [4.78, 5) is 0. The highest BCUT2D eigenvalue weighted by atomic mass is 15.0. The normalized spacial score (nSPS) is 13.4. The Bertz CT molecular complexity index is 6970. The van der Waals surface area contributed by atoms with Crippen LogP contribution in [-0.4, -0.2) is 9.13 Å². The number of hydrogen-bond acceptors (Lipinski definition) is 0. The van der Waals surface area contributed by atoms with Gasteiger partial charge in [0.05, 0.1) is 32.9 Å². The zero-order chi connectivity index (χ0) is 76.2. The Morgan fingerprint density at radius 1 is 0.155 bits per heavy atom. The number of para-hydroxylation sites is 4. The molecule has 2 spiro atoms. The van der Waals surface area contributed by atoms with Crippen LogP contribution in [0.1, 0.15) is 66.8 Å². The first-order chi connectivity index (χ1) is 57.5. The standard InChI is InChI=1S/C114H72N2/c1-3-19-87(20-4-1)115-109-33-17-11-27-97(109)99-67-81(59-65-111(99)115)77-47-39-73(40-48-77)35-37-75-43-51-79(52-44-75)83-55-61-93-95-63-57-85(71-107(95)113(105(93)69-83)101-29-13-7-23-89(101)90-24-8-14-30-102(90)113)86-58-64-96-94-62-56-84(70-106(94)114(108(96)72-86)103-31-15-9-25-91(103)92-26-10-16-32-104(92)114)80-53-45-76(46-54-80)38-36-74-41-49-78(50-42-74)82-60-66-112-100(68-82)98-28-12-18-34-110(98)116(112)88-21-5-2-6-22-88/h1-72H/b37-35+,38-36+. The number of fused-ring (bicyclic) bond motifs is 26. The van der Waals surface area contributed by atoms with Crippen molar-refractivity contribution >= 4 is 67.9 Å². The van der Waals surface area contributed by atoms with Crippen molar-refractivity contribution in [3.8, 4) is 112 Å². The Morgan fingerprint density at radius 2 is 0.379 bits per heavy atom. The van der Waals surface area contributed by atoms with Gasteiger partial charge in [0.15, 0.2) is 0 Å². The maximum atomic E-state index is 2.56. The van der Waals surface area contributed by atoms with Crippen LogP contribution in [0.25, 0.3) is 179 Å². The largest absolute Gasteiger partial charge is 0.309 e. The van der Waals surface area contributed by atoms with Crippen LogP contribution < -0.4 is 0 Å². The molecule has 2 heteroatoms. The summed E-state index contributed by atoms with van der Waals surface area (Å²) in [7, 11) is 0. The fourth-order valence-corrected chi connectivity index (χ4v) is 20.5. The molecule has 2 aromatic heterocycles. The lowest BCUT2D eigenvalue weighted by atomic mass is 9.69. The third kappa shape index (κ3) is 9.84. The van der Waals surface area contributed by atoms with Gasteiger partial charge in [-0.25, -0.2) is 0 Å². The second-order valence-electron chi connectivity index (χ2n) is 31.7. The van der Waals surface area contributed by atoms with Crippen LogP contribution in [0.3, 0.4) is 0 Å². The molecule has 24 rings (SSSR count). The van der Waals surface area contributed by atoms with E-state index in [1.165, 1.54) is 200 Å². The van der Waals surface area contributed by atoms with Crippen molar-refractivity contribution in [2.45, 2.75) is 10.8 Å². The lowest BCUT2D eigenvalue weighted by Crippen LogP contribution is -2.26. The van der Waals surface area contributed by atoms with Crippen LogP contribution >= 0.6 is 0 Å². The van der Waals surface area contributed by atoms with Gasteiger partial charge in [-0.3, -0.25) is 0 Å². The van der Waals surface area contributed by atoms with Gasteiger partial charge in [-0.2, -0.15) is 0 Å². The lowest BCUT2D eigenvalue weighted by Gasteiger charge is -2.31. The van der Waals surface area contributed by atoms with E-state index < -0.39 is 10.8 Å². The van der Waals surface area contributed by atoms with E-state index in [0.717, 1.165) is 22.3 Å². The highest BCUT2D eigenvalue weighted by molar-refractivity contribution is 6.12. The summed E-state index contributed by atoms with van der Waals surface area (Å²) in [6, 6.07) is 155. The third-order valence-corrected chi connectivity index (χ3v) is 25.8. The van der Waals surface area contributed by atoms with Crippen molar-refractivity contribution in [1.82, 2.24) is 9.13 Å². The van der Waals surface area contributed by atoms with Crippen molar-refractivity contribution in [3.05, 3.63) is 479 Å². The van der Waals surface area contributed by atoms with Crippen LogP contribution in [0.2, 0.25) is 0 Å². The molecule has 20 aromatic rings. The van der Waals surface area contributed by atoms with Crippen molar-refractivity contribution in [2.75, 3.05) is 0 Å². The van der Waals surface area contributed by atoms with Gasteiger partial charge in [-0.15, -0.1) is 0 Å². The maximum absolute atomic E-state index is 2.56. The number of nitrogens with zero attached hydrogens (tertiary/aromatic N) is 2. The van der Waals surface area contributed by atoms with Gasteiger partial charge in [0.1, 0.15) is 0 Å². The molecule has 0 radical (unpaired) electrons. The Kier molecular flexibility index (Phi) is 14.6. The molecule has 0 aliphatic heterocycles. The van der Waals surface area contributed by atoms with Crippen molar-refractivity contribution < 1.29 is 0 Å². The molecule has 0 saturated heterocycles. The van der Waals surface area contributed by atoms with Gasteiger partial charge in [0.25, 0.3) is 0 Å². The molecule has 0 fully saturated rings. The second-order valence-corrected chi connectivity index (χ2v) is 31.7. The molecular weight excluding hydrogens is 1400 g/mol. The zero-order valence-corrected chi connectivity index (χ0v) is 63.5. The predicted octanol–water partition coefficient (Wildman–Crippen LogP) is 29.2. The smallest absolute Gasteiger partial charge is 0.0725 e. The van der Waals surface area contributed by atoms with Crippen LogP contribution in [0.4, 0.5) is 0 Å². The highest BCUT2D eigenvalue weighted by Crippen LogP contribution is 2.66. The number of aromatic nitrogens is 2. The average Bonchev–Trinajstić information content (AvgIpc) is 1.51.